The maximum atomic E-state index is 11.7. The van der Waals surface area contributed by atoms with Gasteiger partial charge in [-0.2, -0.15) is 0 Å². The number of nitrogens with one attached hydrogen (secondary N) is 2. The van der Waals surface area contributed by atoms with Crippen molar-refractivity contribution >= 4 is 23.3 Å². The highest BCUT2D eigenvalue weighted by atomic mass is 35.5. The van der Waals surface area contributed by atoms with E-state index in [0.717, 1.165) is 11.3 Å². The second kappa shape index (κ2) is 8.90. The number of nitrogens with zero attached hydrogens (tertiary/aromatic N) is 2. The lowest BCUT2D eigenvalue weighted by Crippen LogP contribution is -2.32. The van der Waals surface area contributed by atoms with Crippen molar-refractivity contribution in [1.29, 1.82) is 0 Å². The molecule has 0 aliphatic heterocycles. The minimum Gasteiger partial charge on any atom is -0.489 e. The predicted octanol–water partition coefficient (Wildman–Crippen LogP) is 1.39. The number of amides is 1. The van der Waals surface area contributed by atoms with Crippen LogP contribution in [0.25, 0.3) is 0 Å². The molecule has 2 rings (SSSR count). The van der Waals surface area contributed by atoms with Gasteiger partial charge in [0.05, 0.1) is 0 Å². The van der Waals surface area contributed by atoms with Gasteiger partial charge in [0.1, 0.15) is 12.4 Å². The van der Waals surface area contributed by atoms with E-state index in [1.807, 2.05) is 12.1 Å². The molecule has 8 nitrogen and oxygen atoms in total. The van der Waals surface area contributed by atoms with E-state index in [1.54, 1.807) is 12.1 Å². The molecule has 1 aromatic carbocycles. The molecule has 0 saturated heterocycles. The highest BCUT2D eigenvalue weighted by Crippen LogP contribution is 2.22. The Kier molecular flexibility index (Phi) is 6.59. The highest BCUT2D eigenvalue weighted by molar-refractivity contribution is 6.30. The summed E-state index contributed by atoms with van der Waals surface area (Å²) in [6, 6.07) is 5.40. The van der Waals surface area contributed by atoms with E-state index in [4.69, 9.17) is 22.1 Å². The second-order valence-corrected chi connectivity index (χ2v) is 5.22. The third-order valence-electron chi connectivity index (χ3n) is 3.01. The van der Waals surface area contributed by atoms with Crippen molar-refractivity contribution in [3.8, 4) is 5.75 Å². The molecule has 1 heterocycles. The number of hydrogen-bond donors (Lipinski definition) is 3. The molecule has 2 aromatic rings. The fourth-order valence-electron chi connectivity index (χ4n) is 1.90. The van der Waals surface area contributed by atoms with Crippen LogP contribution in [0.4, 0.5) is 5.82 Å². The number of nitrogen functional groups attached to an aromatic ring is 1. The topological polar surface area (TPSA) is 115 Å². The number of aromatic nitrogens is 2. The number of rotatable bonds is 9. The van der Waals surface area contributed by atoms with E-state index in [1.165, 1.54) is 0 Å². The maximum absolute atomic E-state index is 11.7. The summed E-state index contributed by atoms with van der Waals surface area (Å²) in [6.45, 7) is 5.49. The minimum atomic E-state index is -0.437. The monoisotopic (exact) mass is 351 g/mol. The Morgan fingerprint density at radius 1 is 1.42 bits per heavy atom. The van der Waals surface area contributed by atoms with Crippen molar-refractivity contribution in [2.24, 2.45) is 0 Å². The summed E-state index contributed by atoms with van der Waals surface area (Å²) in [6.07, 6.45) is 1.67. The van der Waals surface area contributed by atoms with Gasteiger partial charge in [-0.15, -0.1) is 0 Å². The molecule has 0 saturated carbocycles. The van der Waals surface area contributed by atoms with Crippen LogP contribution in [-0.2, 0) is 6.54 Å². The molecule has 0 radical (unpaired) electrons. The molecule has 1 aromatic heterocycles. The van der Waals surface area contributed by atoms with Crippen molar-refractivity contribution in [2.75, 3.05) is 25.4 Å². The van der Waals surface area contributed by atoms with Crippen molar-refractivity contribution in [2.45, 2.75) is 6.54 Å². The van der Waals surface area contributed by atoms with Crippen molar-refractivity contribution in [1.82, 2.24) is 20.9 Å². The number of carbonyl (C=O) groups excluding carboxylic acids is 1. The Balaban J connectivity index is 1.78. The van der Waals surface area contributed by atoms with Crippen molar-refractivity contribution in [3.63, 3.8) is 0 Å². The fraction of sp³-hybridized carbons (Fsp3) is 0.267. The SMILES string of the molecule is C=CCOc1ccc(Cl)cc1CNCCNC(=O)c1nonc1N. The van der Waals surface area contributed by atoms with Crippen LogP contribution in [0.2, 0.25) is 5.02 Å². The van der Waals surface area contributed by atoms with Crippen molar-refractivity contribution in [3.05, 3.63) is 47.1 Å². The van der Waals surface area contributed by atoms with E-state index in [2.05, 4.69) is 32.2 Å². The van der Waals surface area contributed by atoms with Crippen LogP contribution in [0.1, 0.15) is 16.1 Å². The molecule has 0 aliphatic rings. The standard InChI is InChI=1S/C15H18ClN5O3/c1-2-7-23-12-4-3-11(16)8-10(12)9-18-5-6-19-15(22)13-14(17)21-24-20-13/h2-4,8,18H,1,5-7,9H2,(H2,17,21)(H,19,22). The molecule has 0 spiro atoms. The van der Waals surface area contributed by atoms with E-state index in [0.29, 0.717) is 31.3 Å². The van der Waals surface area contributed by atoms with Gasteiger partial charge in [-0.1, -0.05) is 24.3 Å². The molecular formula is C15H18ClN5O3. The van der Waals surface area contributed by atoms with Crippen LogP contribution < -0.4 is 21.1 Å². The molecule has 0 unspecified atom stereocenters. The van der Waals surface area contributed by atoms with Gasteiger partial charge >= 0.3 is 0 Å². The smallest absolute Gasteiger partial charge is 0.277 e. The molecule has 0 atom stereocenters. The zero-order valence-electron chi connectivity index (χ0n) is 12.9. The van der Waals surface area contributed by atoms with E-state index in [9.17, 15) is 4.79 Å². The Labute approximate surface area is 144 Å². The zero-order valence-corrected chi connectivity index (χ0v) is 13.7. The summed E-state index contributed by atoms with van der Waals surface area (Å²) in [4.78, 5) is 11.7. The van der Waals surface area contributed by atoms with Gasteiger partial charge in [0, 0.05) is 30.2 Å². The summed E-state index contributed by atoms with van der Waals surface area (Å²) in [7, 11) is 0. The number of ether oxygens (including phenoxy) is 1. The zero-order chi connectivity index (χ0) is 17.4. The van der Waals surface area contributed by atoms with E-state index in [-0.39, 0.29) is 11.5 Å². The molecule has 0 bridgehead atoms. The molecule has 4 N–H and O–H groups in total. The number of halogens is 1. The van der Waals surface area contributed by atoms with Crippen LogP contribution >= 0.6 is 11.6 Å². The van der Waals surface area contributed by atoms with Gasteiger partial charge in [-0.25, -0.2) is 4.63 Å². The van der Waals surface area contributed by atoms with Gasteiger partial charge in [0.2, 0.25) is 11.5 Å². The van der Waals surface area contributed by atoms with Crippen LogP contribution in [-0.4, -0.2) is 35.9 Å². The summed E-state index contributed by atoms with van der Waals surface area (Å²) < 4.78 is 9.95. The first-order valence-corrected chi connectivity index (χ1v) is 7.58. The lowest BCUT2D eigenvalue weighted by molar-refractivity contribution is 0.0944. The molecule has 128 valence electrons. The van der Waals surface area contributed by atoms with E-state index < -0.39 is 5.91 Å². The van der Waals surface area contributed by atoms with Crippen LogP contribution in [0, 0.1) is 0 Å². The average Bonchev–Trinajstić information content (AvgIpc) is 2.99. The fourth-order valence-corrected chi connectivity index (χ4v) is 2.09. The molecule has 0 fully saturated rings. The maximum Gasteiger partial charge on any atom is 0.277 e. The molecular weight excluding hydrogens is 334 g/mol. The lowest BCUT2D eigenvalue weighted by Gasteiger charge is -2.12. The summed E-state index contributed by atoms with van der Waals surface area (Å²) >= 11 is 6.01. The van der Waals surface area contributed by atoms with Crippen LogP contribution in [0.3, 0.4) is 0 Å². The number of carbonyl (C=O) groups is 1. The van der Waals surface area contributed by atoms with Gasteiger partial charge in [0.25, 0.3) is 5.91 Å². The number of hydrogen-bond acceptors (Lipinski definition) is 7. The first-order valence-electron chi connectivity index (χ1n) is 7.21. The first-order chi connectivity index (χ1) is 11.6. The molecule has 24 heavy (non-hydrogen) atoms. The Hall–Kier alpha value is -2.58. The van der Waals surface area contributed by atoms with E-state index >= 15 is 0 Å². The summed E-state index contributed by atoms with van der Waals surface area (Å²) in [5, 5.41) is 13.2. The van der Waals surface area contributed by atoms with Gasteiger partial charge in [-0.3, -0.25) is 4.79 Å². The highest BCUT2D eigenvalue weighted by Gasteiger charge is 2.14. The largest absolute Gasteiger partial charge is 0.489 e. The molecule has 9 heteroatoms. The van der Waals surface area contributed by atoms with Gasteiger partial charge < -0.3 is 21.1 Å². The Bertz CT molecular complexity index is 704. The lowest BCUT2D eigenvalue weighted by atomic mass is 10.2. The Morgan fingerprint density at radius 3 is 2.96 bits per heavy atom. The third kappa shape index (κ3) is 4.97. The first kappa shape index (κ1) is 17.8. The number of nitrogens with two attached hydrogens (primary N) is 1. The van der Waals surface area contributed by atoms with Crippen molar-refractivity contribution < 1.29 is 14.2 Å². The van der Waals surface area contributed by atoms with Crippen LogP contribution in [0.5, 0.6) is 5.75 Å². The second-order valence-electron chi connectivity index (χ2n) is 4.78. The quantitative estimate of drug-likeness (QED) is 0.462. The van der Waals surface area contributed by atoms with Gasteiger partial charge in [-0.05, 0) is 28.5 Å². The van der Waals surface area contributed by atoms with Gasteiger partial charge in [0.15, 0.2) is 0 Å². The Morgan fingerprint density at radius 2 is 2.25 bits per heavy atom. The predicted molar refractivity (Wildman–Crippen MR) is 89.9 cm³/mol. The molecule has 1 amide bonds. The minimum absolute atomic E-state index is 0.0232. The van der Waals surface area contributed by atoms with Crippen LogP contribution in [0.15, 0.2) is 35.5 Å². The molecule has 0 aliphatic carbocycles. The summed E-state index contributed by atoms with van der Waals surface area (Å²) in [5.74, 6) is 0.258. The summed E-state index contributed by atoms with van der Waals surface area (Å²) in [5.41, 5.74) is 6.34. The third-order valence-corrected chi connectivity index (χ3v) is 3.25. The normalized spacial score (nSPS) is 10.4. The number of anilines is 1. The average molecular weight is 352 g/mol. The number of benzene rings is 1.